The van der Waals surface area contributed by atoms with E-state index in [1.54, 1.807) is 51.4 Å². The maximum atomic E-state index is 13.7. The second-order valence-corrected chi connectivity index (χ2v) is 10.1. The van der Waals surface area contributed by atoms with Crippen LogP contribution in [0.2, 0.25) is 0 Å². The predicted molar refractivity (Wildman–Crippen MR) is 144 cm³/mol. The third kappa shape index (κ3) is 4.37. The van der Waals surface area contributed by atoms with Crippen LogP contribution in [0.25, 0.3) is 15.9 Å². The van der Waals surface area contributed by atoms with Crippen LogP contribution in [0.1, 0.15) is 31.9 Å². The number of aromatic nitrogens is 2. The maximum Gasteiger partial charge on any atom is 0.337 e. The van der Waals surface area contributed by atoms with Gasteiger partial charge in [-0.2, -0.15) is 0 Å². The van der Waals surface area contributed by atoms with Gasteiger partial charge in [0.25, 0.3) is 11.5 Å². The number of benzene rings is 2. The van der Waals surface area contributed by atoms with Crippen molar-refractivity contribution in [3.8, 4) is 5.69 Å². The number of thiophene rings is 1. The van der Waals surface area contributed by atoms with Crippen molar-refractivity contribution < 1.29 is 9.59 Å². The summed E-state index contributed by atoms with van der Waals surface area (Å²) in [5.74, 6) is -0.674. The van der Waals surface area contributed by atoms with Crippen LogP contribution in [-0.4, -0.2) is 39.9 Å². The predicted octanol–water partition coefficient (Wildman–Crippen LogP) is 3.79. The van der Waals surface area contributed by atoms with E-state index in [9.17, 15) is 19.2 Å². The van der Waals surface area contributed by atoms with E-state index in [4.69, 9.17) is 0 Å². The number of rotatable bonds is 5. The zero-order valence-electron chi connectivity index (χ0n) is 21.1. The molecule has 0 aliphatic rings. The summed E-state index contributed by atoms with van der Waals surface area (Å²) in [4.78, 5) is 55.3. The molecule has 2 heterocycles. The molecule has 2 amide bonds. The molecule has 4 rings (SSSR count). The minimum Gasteiger partial charge on any atom is -0.344 e. The second-order valence-electron chi connectivity index (χ2n) is 9.10. The van der Waals surface area contributed by atoms with Gasteiger partial charge < -0.3 is 10.2 Å². The van der Waals surface area contributed by atoms with Crippen molar-refractivity contribution in [1.82, 2.24) is 14.0 Å². The summed E-state index contributed by atoms with van der Waals surface area (Å²) in [6.45, 7) is 7.19. The average molecular weight is 505 g/mol. The fourth-order valence-corrected chi connectivity index (χ4v) is 5.71. The molecule has 0 bridgehead atoms. The molecule has 36 heavy (non-hydrogen) atoms. The van der Waals surface area contributed by atoms with Crippen LogP contribution in [0.15, 0.2) is 52.1 Å². The Hall–Kier alpha value is -3.98. The van der Waals surface area contributed by atoms with Gasteiger partial charge in [0.1, 0.15) is 11.4 Å². The molecule has 2 aromatic heterocycles. The topological polar surface area (TPSA) is 93.4 Å². The number of fused-ring (bicyclic) bond motifs is 1. The zero-order chi connectivity index (χ0) is 26.3. The fraction of sp³-hybridized carbons (Fsp3) is 0.259. The van der Waals surface area contributed by atoms with Gasteiger partial charge in [-0.25, -0.2) is 9.36 Å². The molecule has 0 saturated heterocycles. The molecule has 4 aromatic rings. The Morgan fingerprint density at radius 3 is 2.17 bits per heavy atom. The van der Waals surface area contributed by atoms with E-state index in [1.165, 1.54) is 9.47 Å². The third-order valence-electron chi connectivity index (χ3n) is 6.07. The molecule has 0 spiro atoms. The monoisotopic (exact) mass is 504 g/mol. The zero-order valence-corrected chi connectivity index (χ0v) is 21.9. The third-order valence-corrected chi connectivity index (χ3v) is 7.37. The molecule has 9 heteroatoms. The number of para-hydroxylation sites is 1. The van der Waals surface area contributed by atoms with Gasteiger partial charge in [0.2, 0.25) is 5.91 Å². The molecule has 0 atom stereocenters. The lowest BCUT2D eigenvalue weighted by Crippen LogP contribution is -2.40. The van der Waals surface area contributed by atoms with Crippen molar-refractivity contribution in [3.63, 3.8) is 0 Å². The molecule has 1 N–H and O–H groups in total. The normalized spacial score (nSPS) is 11.1. The fourth-order valence-electron chi connectivity index (χ4n) is 4.40. The quantitative estimate of drug-likeness (QED) is 0.448. The highest BCUT2D eigenvalue weighted by Crippen LogP contribution is 2.29. The van der Waals surface area contributed by atoms with Crippen LogP contribution in [0.4, 0.5) is 5.69 Å². The highest BCUT2D eigenvalue weighted by atomic mass is 32.1. The van der Waals surface area contributed by atoms with Gasteiger partial charge in [-0.15, -0.1) is 11.3 Å². The molecule has 0 radical (unpaired) electrons. The second kappa shape index (κ2) is 9.58. The van der Waals surface area contributed by atoms with E-state index >= 15 is 0 Å². The number of aryl methyl sites for hydroxylation is 4. The van der Waals surface area contributed by atoms with Gasteiger partial charge in [0, 0.05) is 19.8 Å². The van der Waals surface area contributed by atoms with Gasteiger partial charge in [0.05, 0.1) is 16.0 Å². The van der Waals surface area contributed by atoms with Crippen molar-refractivity contribution in [2.24, 2.45) is 0 Å². The largest absolute Gasteiger partial charge is 0.344 e. The molecular formula is C27H28N4O4S. The van der Waals surface area contributed by atoms with Gasteiger partial charge in [-0.05, 0) is 56.5 Å². The Bertz CT molecular complexity index is 1600. The van der Waals surface area contributed by atoms with Gasteiger partial charge in [-0.1, -0.05) is 35.9 Å². The van der Waals surface area contributed by atoms with Crippen molar-refractivity contribution in [3.05, 3.63) is 90.4 Å². The summed E-state index contributed by atoms with van der Waals surface area (Å²) in [5.41, 5.74) is 3.32. The van der Waals surface area contributed by atoms with Crippen molar-refractivity contribution in [2.45, 2.75) is 34.2 Å². The Kier molecular flexibility index (Phi) is 6.69. The SMILES string of the molecule is Cc1cc(C)c(NC(=O)Cn2c(=O)n(-c3ccccc3)c(=O)c3c(C)c(C(=O)N(C)C)sc32)c(C)c1. The lowest BCUT2D eigenvalue weighted by molar-refractivity contribution is -0.116. The van der Waals surface area contributed by atoms with Crippen LogP contribution >= 0.6 is 11.3 Å². The molecule has 0 aliphatic heterocycles. The number of nitrogens with zero attached hydrogens (tertiary/aromatic N) is 3. The molecule has 0 fully saturated rings. The molecule has 0 unspecified atom stereocenters. The summed E-state index contributed by atoms with van der Waals surface area (Å²) in [7, 11) is 3.25. The number of amides is 2. The number of anilines is 1. The summed E-state index contributed by atoms with van der Waals surface area (Å²) in [5, 5.41) is 3.18. The maximum absolute atomic E-state index is 13.7. The van der Waals surface area contributed by atoms with Gasteiger partial charge in [-0.3, -0.25) is 19.0 Å². The Balaban J connectivity index is 1.92. The standard InChI is InChI=1S/C27H28N4O4S/c1-15-12-16(2)22(17(3)13-15)28-20(32)14-30-26-21(18(4)23(36-26)25(34)29(5)6)24(33)31(27(30)35)19-10-8-7-9-11-19/h7-13H,14H2,1-6H3,(H,28,32). The number of carbonyl (C=O) groups excluding carboxylic acids is 2. The van der Waals surface area contributed by atoms with E-state index in [0.29, 0.717) is 26.6 Å². The first-order valence-corrected chi connectivity index (χ1v) is 12.3. The number of carbonyl (C=O) groups is 2. The van der Waals surface area contributed by atoms with Gasteiger partial charge in [0.15, 0.2) is 0 Å². The van der Waals surface area contributed by atoms with Crippen molar-refractivity contribution in [1.29, 1.82) is 0 Å². The van der Waals surface area contributed by atoms with Crippen LogP contribution < -0.4 is 16.6 Å². The molecule has 2 aromatic carbocycles. The molecule has 8 nitrogen and oxygen atoms in total. The number of hydrogen-bond donors (Lipinski definition) is 1. The lowest BCUT2D eigenvalue weighted by atomic mass is 10.1. The highest BCUT2D eigenvalue weighted by molar-refractivity contribution is 7.20. The smallest absolute Gasteiger partial charge is 0.337 e. The van der Waals surface area contributed by atoms with Crippen LogP contribution in [0, 0.1) is 27.7 Å². The summed E-state index contributed by atoms with van der Waals surface area (Å²) in [6.07, 6.45) is 0. The first-order chi connectivity index (χ1) is 17.0. The molecule has 186 valence electrons. The van der Waals surface area contributed by atoms with Crippen molar-refractivity contribution in [2.75, 3.05) is 19.4 Å². The van der Waals surface area contributed by atoms with Crippen LogP contribution in [0.3, 0.4) is 0 Å². The Morgan fingerprint density at radius 2 is 1.58 bits per heavy atom. The van der Waals surface area contributed by atoms with E-state index in [2.05, 4.69) is 5.32 Å². The summed E-state index contributed by atoms with van der Waals surface area (Å²) in [6, 6.07) is 12.5. The van der Waals surface area contributed by atoms with E-state index in [1.807, 2.05) is 32.9 Å². The van der Waals surface area contributed by atoms with Crippen LogP contribution in [0.5, 0.6) is 0 Å². The summed E-state index contributed by atoms with van der Waals surface area (Å²) >= 11 is 1.05. The lowest BCUT2D eigenvalue weighted by Gasteiger charge is -2.15. The van der Waals surface area contributed by atoms with Crippen molar-refractivity contribution >= 4 is 39.1 Å². The number of hydrogen-bond acceptors (Lipinski definition) is 5. The van der Waals surface area contributed by atoms with Crippen LogP contribution in [-0.2, 0) is 11.3 Å². The van der Waals surface area contributed by atoms with E-state index in [0.717, 1.165) is 32.6 Å². The minimum atomic E-state index is -0.642. The Morgan fingerprint density at radius 1 is 0.972 bits per heavy atom. The Labute approximate surface area is 212 Å². The number of nitrogens with one attached hydrogen (secondary N) is 1. The summed E-state index contributed by atoms with van der Waals surface area (Å²) < 4.78 is 2.34. The first-order valence-electron chi connectivity index (χ1n) is 11.4. The molecular weight excluding hydrogens is 476 g/mol. The first kappa shape index (κ1) is 25.1. The van der Waals surface area contributed by atoms with E-state index in [-0.39, 0.29) is 17.8 Å². The van der Waals surface area contributed by atoms with Gasteiger partial charge >= 0.3 is 5.69 Å². The minimum absolute atomic E-state index is 0.254. The average Bonchev–Trinajstić information content (AvgIpc) is 3.16. The molecule has 0 aliphatic carbocycles. The highest BCUT2D eigenvalue weighted by Gasteiger charge is 2.25. The van der Waals surface area contributed by atoms with E-state index < -0.39 is 17.2 Å². The molecule has 0 saturated carbocycles.